The standard InChI is InChI=1S/C7H10O3/c1-7(2)4(3-8)5(7)6(9)10/h3-5H,1-2H3,(H,9,10)/t4?,5-/m0/s1. The highest BCUT2D eigenvalue weighted by molar-refractivity contribution is 5.82. The van der Waals surface area contributed by atoms with Crippen LogP contribution in [0.25, 0.3) is 0 Å². The highest BCUT2D eigenvalue weighted by Gasteiger charge is 2.62. The second-order valence-corrected chi connectivity index (χ2v) is 3.30. The number of carboxylic acid groups (broad SMARTS) is 1. The topological polar surface area (TPSA) is 54.4 Å². The molecule has 0 radical (unpaired) electrons. The van der Waals surface area contributed by atoms with Crippen molar-refractivity contribution in [3.8, 4) is 0 Å². The largest absolute Gasteiger partial charge is 0.481 e. The summed E-state index contributed by atoms with van der Waals surface area (Å²) in [5, 5.41) is 8.53. The van der Waals surface area contributed by atoms with Crippen LogP contribution in [0.4, 0.5) is 0 Å². The van der Waals surface area contributed by atoms with Crippen LogP contribution in [0.3, 0.4) is 0 Å². The molecule has 2 atom stereocenters. The van der Waals surface area contributed by atoms with Gasteiger partial charge in [-0.25, -0.2) is 0 Å². The summed E-state index contributed by atoms with van der Waals surface area (Å²) < 4.78 is 0. The van der Waals surface area contributed by atoms with Crippen molar-refractivity contribution in [2.45, 2.75) is 13.8 Å². The molecular weight excluding hydrogens is 132 g/mol. The average molecular weight is 142 g/mol. The first-order chi connectivity index (χ1) is 4.51. The lowest BCUT2D eigenvalue weighted by molar-refractivity contribution is -0.139. The van der Waals surface area contributed by atoms with Gasteiger partial charge in [0.05, 0.1) is 5.92 Å². The van der Waals surface area contributed by atoms with E-state index in [1.807, 2.05) is 0 Å². The Morgan fingerprint density at radius 2 is 2.10 bits per heavy atom. The molecule has 0 aromatic heterocycles. The molecule has 0 spiro atoms. The molecule has 0 bridgehead atoms. The zero-order valence-electron chi connectivity index (χ0n) is 6.00. The molecule has 3 nitrogen and oxygen atoms in total. The molecule has 0 aromatic rings. The summed E-state index contributed by atoms with van der Waals surface area (Å²) in [6.07, 6.45) is 0.735. The second kappa shape index (κ2) is 1.81. The van der Waals surface area contributed by atoms with Crippen molar-refractivity contribution in [3.63, 3.8) is 0 Å². The van der Waals surface area contributed by atoms with Crippen LogP contribution < -0.4 is 0 Å². The molecule has 0 aliphatic heterocycles. The molecule has 1 fully saturated rings. The number of rotatable bonds is 2. The Bertz CT molecular complexity index is 183. The SMILES string of the molecule is CC1(C)C(C=O)[C@H]1C(=O)O. The van der Waals surface area contributed by atoms with E-state index in [1.54, 1.807) is 13.8 Å². The third-order valence-electron chi connectivity index (χ3n) is 2.32. The minimum Gasteiger partial charge on any atom is -0.481 e. The van der Waals surface area contributed by atoms with Crippen LogP contribution in [-0.4, -0.2) is 17.4 Å². The maximum Gasteiger partial charge on any atom is 0.307 e. The summed E-state index contributed by atoms with van der Waals surface area (Å²) in [5.41, 5.74) is -0.312. The van der Waals surface area contributed by atoms with E-state index in [-0.39, 0.29) is 11.3 Å². The number of hydrogen-bond acceptors (Lipinski definition) is 2. The minimum absolute atomic E-state index is 0.273. The molecule has 3 heteroatoms. The van der Waals surface area contributed by atoms with Crippen molar-refractivity contribution >= 4 is 12.3 Å². The fraction of sp³-hybridized carbons (Fsp3) is 0.714. The quantitative estimate of drug-likeness (QED) is 0.572. The predicted octanol–water partition coefficient (Wildman–Crippen LogP) is 0.542. The van der Waals surface area contributed by atoms with Crippen molar-refractivity contribution in [3.05, 3.63) is 0 Å². The number of aliphatic carboxylic acids is 1. The van der Waals surface area contributed by atoms with Gasteiger partial charge in [-0.2, -0.15) is 0 Å². The number of aldehydes is 1. The fourth-order valence-electron chi connectivity index (χ4n) is 1.40. The van der Waals surface area contributed by atoms with Gasteiger partial charge in [0.25, 0.3) is 0 Å². The molecule has 10 heavy (non-hydrogen) atoms. The molecule has 56 valence electrons. The van der Waals surface area contributed by atoms with E-state index in [4.69, 9.17) is 5.11 Å². The first-order valence-electron chi connectivity index (χ1n) is 3.20. The van der Waals surface area contributed by atoms with E-state index in [0.29, 0.717) is 0 Å². The molecule has 1 saturated carbocycles. The van der Waals surface area contributed by atoms with E-state index >= 15 is 0 Å². The van der Waals surface area contributed by atoms with Crippen LogP contribution >= 0.6 is 0 Å². The van der Waals surface area contributed by atoms with E-state index in [2.05, 4.69) is 0 Å². The van der Waals surface area contributed by atoms with Gasteiger partial charge < -0.3 is 9.90 Å². The Labute approximate surface area is 59.0 Å². The van der Waals surface area contributed by atoms with E-state index < -0.39 is 11.9 Å². The Morgan fingerprint density at radius 3 is 2.20 bits per heavy atom. The monoisotopic (exact) mass is 142 g/mol. The highest BCUT2D eigenvalue weighted by atomic mass is 16.4. The predicted molar refractivity (Wildman–Crippen MR) is 34.5 cm³/mol. The molecule has 1 rings (SSSR count). The molecule has 1 aliphatic carbocycles. The molecule has 0 heterocycles. The second-order valence-electron chi connectivity index (χ2n) is 3.30. The molecule has 1 N–H and O–H groups in total. The van der Waals surface area contributed by atoms with Gasteiger partial charge in [-0.3, -0.25) is 4.79 Å². The van der Waals surface area contributed by atoms with Crippen LogP contribution in [-0.2, 0) is 9.59 Å². The van der Waals surface area contributed by atoms with Gasteiger partial charge in [0.1, 0.15) is 6.29 Å². The number of hydrogen-bond donors (Lipinski definition) is 1. The molecular formula is C7H10O3. The van der Waals surface area contributed by atoms with Crippen LogP contribution in [0.5, 0.6) is 0 Å². The summed E-state index contributed by atoms with van der Waals surface area (Å²) in [6.45, 7) is 3.59. The lowest BCUT2D eigenvalue weighted by atomic mass is 10.1. The van der Waals surface area contributed by atoms with E-state index in [0.717, 1.165) is 6.29 Å². The van der Waals surface area contributed by atoms with Gasteiger partial charge in [0.15, 0.2) is 0 Å². The zero-order chi connectivity index (χ0) is 7.94. The maximum absolute atomic E-state index is 10.4. The van der Waals surface area contributed by atoms with Gasteiger partial charge in [0.2, 0.25) is 0 Å². The van der Waals surface area contributed by atoms with Gasteiger partial charge >= 0.3 is 5.97 Å². The molecule has 0 saturated heterocycles. The Balaban J connectivity index is 2.70. The average Bonchev–Trinajstić information content (AvgIpc) is 2.33. The smallest absolute Gasteiger partial charge is 0.307 e. The number of carboxylic acids is 1. The van der Waals surface area contributed by atoms with Crippen molar-refractivity contribution in [2.75, 3.05) is 0 Å². The third-order valence-corrected chi connectivity index (χ3v) is 2.32. The Kier molecular flexibility index (Phi) is 1.31. The summed E-state index contributed by atoms with van der Waals surface area (Å²) in [5.74, 6) is -1.59. The van der Waals surface area contributed by atoms with Gasteiger partial charge in [-0.15, -0.1) is 0 Å². The summed E-state index contributed by atoms with van der Waals surface area (Å²) in [4.78, 5) is 20.6. The number of carbonyl (C=O) groups excluding carboxylic acids is 1. The van der Waals surface area contributed by atoms with Crippen molar-refractivity contribution in [1.29, 1.82) is 0 Å². The van der Waals surface area contributed by atoms with Crippen LogP contribution in [0, 0.1) is 17.3 Å². The van der Waals surface area contributed by atoms with E-state index in [1.165, 1.54) is 0 Å². The van der Waals surface area contributed by atoms with Crippen molar-refractivity contribution in [2.24, 2.45) is 17.3 Å². The first kappa shape index (κ1) is 7.25. The summed E-state index contributed by atoms with van der Waals surface area (Å²) in [7, 11) is 0. The van der Waals surface area contributed by atoms with Gasteiger partial charge in [-0.05, 0) is 5.41 Å². The molecule has 0 amide bonds. The number of carbonyl (C=O) groups is 2. The molecule has 0 aromatic carbocycles. The highest BCUT2D eigenvalue weighted by Crippen LogP contribution is 2.56. The maximum atomic E-state index is 10.4. The van der Waals surface area contributed by atoms with Gasteiger partial charge in [-0.1, -0.05) is 13.8 Å². The van der Waals surface area contributed by atoms with Gasteiger partial charge in [0, 0.05) is 5.92 Å². The summed E-state index contributed by atoms with van der Waals surface area (Å²) >= 11 is 0. The molecule has 1 unspecified atom stereocenters. The lowest BCUT2D eigenvalue weighted by Crippen LogP contribution is -2.03. The van der Waals surface area contributed by atoms with Crippen LogP contribution in [0.1, 0.15) is 13.8 Å². The van der Waals surface area contributed by atoms with Crippen molar-refractivity contribution in [1.82, 2.24) is 0 Å². The summed E-state index contributed by atoms with van der Waals surface area (Å²) in [6, 6.07) is 0. The van der Waals surface area contributed by atoms with Crippen molar-refractivity contribution < 1.29 is 14.7 Å². The lowest BCUT2D eigenvalue weighted by Gasteiger charge is -1.94. The van der Waals surface area contributed by atoms with Crippen LogP contribution in [0.15, 0.2) is 0 Å². The third kappa shape index (κ3) is 0.735. The molecule has 1 aliphatic rings. The fourth-order valence-corrected chi connectivity index (χ4v) is 1.40. The van der Waals surface area contributed by atoms with E-state index in [9.17, 15) is 9.59 Å². The van der Waals surface area contributed by atoms with Crippen LogP contribution in [0.2, 0.25) is 0 Å². The Hall–Kier alpha value is -0.860. The normalized spacial score (nSPS) is 35.0. The minimum atomic E-state index is -0.859. The first-order valence-corrected chi connectivity index (χ1v) is 3.20. The Morgan fingerprint density at radius 1 is 1.60 bits per heavy atom. The zero-order valence-corrected chi connectivity index (χ0v) is 6.00.